The molecule has 0 saturated carbocycles. The van der Waals surface area contributed by atoms with Crippen molar-refractivity contribution in [1.29, 1.82) is 0 Å². The van der Waals surface area contributed by atoms with E-state index in [2.05, 4.69) is 4.40 Å². The molecule has 1 aliphatic rings. The van der Waals surface area contributed by atoms with Crippen molar-refractivity contribution in [2.45, 2.75) is 31.9 Å². The number of ether oxygens (including phenoxy) is 2. The van der Waals surface area contributed by atoms with Gasteiger partial charge in [0.1, 0.15) is 16.1 Å². The monoisotopic (exact) mass is 267 g/mol. The van der Waals surface area contributed by atoms with E-state index >= 15 is 0 Å². The molecule has 0 aromatic heterocycles. The van der Waals surface area contributed by atoms with E-state index in [9.17, 15) is 4.55 Å². The van der Waals surface area contributed by atoms with Crippen LogP contribution in [0.3, 0.4) is 0 Å². The van der Waals surface area contributed by atoms with Gasteiger partial charge in [-0.3, -0.25) is 0 Å². The molecule has 0 spiro atoms. The van der Waals surface area contributed by atoms with Crippen molar-refractivity contribution in [3.05, 3.63) is 23.8 Å². The highest BCUT2D eigenvalue weighted by molar-refractivity contribution is 7.91. The standard InChI is InChI=1S/C13H17NO3S/c1-13(2,3)18(15)14-7-6-10-4-5-11-12(8-10)17-9-16-11/h4-5,7-8H,6,9H2,1-3H3/t18-/m1/s1. The van der Waals surface area contributed by atoms with Gasteiger partial charge in [-0.1, -0.05) is 10.5 Å². The van der Waals surface area contributed by atoms with E-state index in [1.165, 1.54) is 0 Å². The van der Waals surface area contributed by atoms with Crippen LogP contribution in [0.5, 0.6) is 11.5 Å². The van der Waals surface area contributed by atoms with Crippen LogP contribution < -0.4 is 9.47 Å². The summed E-state index contributed by atoms with van der Waals surface area (Å²) in [6.45, 7) is 5.99. The first-order valence-corrected chi connectivity index (χ1v) is 6.90. The zero-order valence-corrected chi connectivity index (χ0v) is 11.6. The molecule has 0 saturated heterocycles. The van der Waals surface area contributed by atoms with Crippen LogP contribution in [0.25, 0.3) is 0 Å². The second-order valence-corrected chi connectivity index (χ2v) is 6.98. The molecule has 1 atom stereocenters. The molecule has 1 heterocycles. The average Bonchev–Trinajstić information content (AvgIpc) is 2.74. The maximum Gasteiger partial charge on any atom is 0.231 e. The summed E-state index contributed by atoms with van der Waals surface area (Å²) in [6, 6.07) is 5.76. The van der Waals surface area contributed by atoms with Gasteiger partial charge in [-0.15, -0.1) is 0 Å². The highest BCUT2D eigenvalue weighted by Crippen LogP contribution is 2.32. The van der Waals surface area contributed by atoms with E-state index in [0.29, 0.717) is 6.42 Å². The lowest BCUT2D eigenvalue weighted by atomic mass is 10.1. The van der Waals surface area contributed by atoms with Gasteiger partial charge in [0.15, 0.2) is 11.5 Å². The third-order valence-corrected chi connectivity index (χ3v) is 3.85. The molecule has 0 bridgehead atoms. The molecule has 0 unspecified atom stereocenters. The lowest BCUT2D eigenvalue weighted by Crippen LogP contribution is -2.25. The zero-order valence-electron chi connectivity index (χ0n) is 10.8. The van der Waals surface area contributed by atoms with Crippen LogP contribution in [0.2, 0.25) is 0 Å². The van der Waals surface area contributed by atoms with Crippen molar-refractivity contribution >= 4 is 17.6 Å². The molecule has 5 heteroatoms. The largest absolute Gasteiger partial charge is 0.591 e. The van der Waals surface area contributed by atoms with E-state index in [-0.39, 0.29) is 11.5 Å². The summed E-state index contributed by atoms with van der Waals surface area (Å²) in [7, 11) is 0. The van der Waals surface area contributed by atoms with E-state index in [1.54, 1.807) is 6.21 Å². The van der Waals surface area contributed by atoms with Crippen LogP contribution in [0.4, 0.5) is 0 Å². The Balaban J connectivity index is 1.96. The Morgan fingerprint density at radius 3 is 2.78 bits per heavy atom. The van der Waals surface area contributed by atoms with Crippen LogP contribution >= 0.6 is 0 Å². The molecular weight excluding hydrogens is 250 g/mol. The first-order chi connectivity index (χ1) is 8.47. The summed E-state index contributed by atoms with van der Waals surface area (Å²) in [5.41, 5.74) is 1.06. The van der Waals surface area contributed by atoms with Crippen molar-refractivity contribution in [1.82, 2.24) is 0 Å². The highest BCUT2D eigenvalue weighted by Gasteiger charge is 2.25. The molecule has 4 nitrogen and oxygen atoms in total. The third-order valence-electron chi connectivity index (χ3n) is 2.46. The van der Waals surface area contributed by atoms with Crippen LogP contribution in [0.1, 0.15) is 26.3 Å². The van der Waals surface area contributed by atoms with E-state index < -0.39 is 11.4 Å². The van der Waals surface area contributed by atoms with Gasteiger partial charge < -0.3 is 14.0 Å². The maximum absolute atomic E-state index is 11.7. The van der Waals surface area contributed by atoms with Gasteiger partial charge in [-0.2, -0.15) is 0 Å². The molecule has 0 aliphatic carbocycles. The molecule has 0 N–H and O–H groups in total. The maximum atomic E-state index is 11.7. The third kappa shape index (κ3) is 3.17. The first kappa shape index (κ1) is 13.2. The van der Waals surface area contributed by atoms with Gasteiger partial charge in [-0.05, 0) is 38.5 Å². The van der Waals surface area contributed by atoms with E-state index in [0.717, 1.165) is 17.1 Å². The highest BCUT2D eigenvalue weighted by atomic mass is 32.2. The normalized spacial score (nSPS) is 16.2. The molecule has 2 rings (SSSR count). The van der Waals surface area contributed by atoms with Crippen LogP contribution in [0.15, 0.2) is 22.6 Å². The lowest BCUT2D eigenvalue weighted by Gasteiger charge is -2.17. The van der Waals surface area contributed by atoms with Crippen molar-refractivity contribution < 1.29 is 14.0 Å². The minimum Gasteiger partial charge on any atom is -0.591 e. The molecule has 18 heavy (non-hydrogen) atoms. The smallest absolute Gasteiger partial charge is 0.231 e. The number of benzene rings is 1. The summed E-state index contributed by atoms with van der Waals surface area (Å²) >= 11 is -1.20. The number of nitrogens with zero attached hydrogens (tertiary/aromatic N) is 1. The zero-order chi connectivity index (χ0) is 13.2. The summed E-state index contributed by atoms with van der Waals surface area (Å²) in [5.74, 6) is 1.53. The van der Waals surface area contributed by atoms with Gasteiger partial charge in [0.2, 0.25) is 6.79 Å². The predicted molar refractivity (Wildman–Crippen MR) is 72.7 cm³/mol. The van der Waals surface area contributed by atoms with Gasteiger partial charge in [-0.25, -0.2) is 0 Å². The Labute approximate surface area is 110 Å². The predicted octanol–water partition coefficient (Wildman–Crippen LogP) is 2.49. The fourth-order valence-corrected chi connectivity index (χ4v) is 1.96. The topological polar surface area (TPSA) is 53.9 Å². The molecule has 1 aromatic carbocycles. The Bertz CT molecular complexity index is 454. The molecule has 1 aromatic rings. The number of rotatable bonds is 3. The molecule has 0 radical (unpaired) electrons. The Morgan fingerprint density at radius 2 is 2.06 bits per heavy atom. The van der Waals surface area contributed by atoms with Crippen molar-refractivity contribution in [3.63, 3.8) is 0 Å². The molecule has 1 aliphatic heterocycles. The minimum absolute atomic E-state index is 0.279. The lowest BCUT2D eigenvalue weighted by molar-refractivity contribution is 0.174. The fourth-order valence-electron chi connectivity index (χ4n) is 1.44. The minimum atomic E-state index is -1.20. The van der Waals surface area contributed by atoms with E-state index in [4.69, 9.17) is 9.47 Å². The Morgan fingerprint density at radius 1 is 1.33 bits per heavy atom. The van der Waals surface area contributed by atoms with Crippen LogP contribution in [0, 0.1) is 0 Å². The van der Waals surface area contributed by atoms with Crippen molar-refractivity contribution in [2.75, 3.05) is 6.79 Å². The second kappa shape index (κ2) is 5.20. The number of fused-ring (bicyclic) bond motifs is 1. The van der Waals surface area contributed by atoms with Gasteiger partial charge in [0.05, 0.1) is 6.21 Å². The average molecular weight is 267 g/mol. The second-order valence-electron chi connectivity index (χ2n) is 5.04. The van der Waals surface area contributed by atoms with Crippen molar-refractivity contribution in [2.24, 2.45) is 4.40 Å². The summed E-state index contributed by atoms with van der Waals surface area (Å²) < 4.78 is 26.0. The van der Waals surface area contributed by atoms with Gasteiger partial charge in [0.25, 0.3) is 0 Å². The summed E-state index contributed by atoms with van der Waals surface area (Å²) in [6.07, 6.45) is 2.33. The quantitative estimate of drug-likeness (QED) is 0.624. The van der Waals surface area contributed by atoms with Crippen LogP contribution in [-0.2, 0) is 17.8 Å². The van der Waals surface area contributed by atoms with Crippen molar-refractivity contribution in [3.8, 4) is 11.5 Å². The molecule has 0 amide bonds. The molecule has 98 valence electrons. The molecule has 0 fully saturated rings. The Kier molecular flexibility index (Phi) is 3.82. The SMILES string of the molecule is CC(C)(C)[S@@+]([O-])N=CCc1ccc2c(c1)OCO2. The van der Waals surface area contributed by atoms with Gasteiger partial charge >= 0.3 is 0 Å². The summed E-state index contributed by atoms with van der Waals surface area (Å²) in [4.78, 5) is 0. The number of hydrogen-bond donors (Lipinski definition) is 0. The van der Waals surface area contributed by atoms with Gasteiger partial charge in [0, 0.05) is 6.42 Å². The Hall–Kier alpha value is -1.20. The first-order valence-electron chi connectivity index (χ1n) is 5.80. The van der Waals surface area contributed by atoms with E-state index in [1.807, 2.05) is 39.0 Å². The fraction of sp³-hybridized carbons (Fsp3) is 0.462. The number of hydrogen-bond acceptors (Lipinski definition) is 4. The molecular formula is C13H17NO3S. The van der Waals surface area contributed by atoms with Crippen LogP contribution in [-0.4, -0.2) is 22.3 Å². The summed E-state index contributed by atoms with van der Waals surface area (Å²) in [5, 5.41) is 0.